The Morgan fingerprint density at radius 1 is 0.931 bits per heavy atom. The molecule has 17 nitrogen and oxygen atoms in total. The molecule has 0 saturated carbocycles. The second-order valence-electron chi connectivity index (χ2n) is 12.6. The van der Waals surface area contributed by atoms with Crippen LogP contribution in [0.25, 0.3) is 10.9 Å². The minimum absolute atomic E-state index is 0.102. The monoisotopic (exact) mass is 829 g/mol. The molecule has 0 aliphatic carbocycles. The van der Waals surface area contributed by atoms with Crippen LogP contribution in [0.3, 0.4) is 0 Å². The van der Waals surface area contributed by atoms with Gasteiger partial charge in [0.2, 0.25) is 0 Å². The summed E-state index contributed by atoms with van der Waals surface area (Å²) in [6, 6.07) is 21.5. The predicted octanol–water partition coefficient (Wildman–Crippen LogP) is 8.92. The Kier molecular flexibility index (Phi) is 13.8. The molecule has 2 heterocycles. The highest BCUT2D eigenvalue weighted by Crippen LogP contribution is 2.44. The molecule has 0 fully saturated rings. The predicted molar refractivity (Wildman–Crippen MR) is 222 cm³/mol. The molecule has 2 aromatic heterocycles. The Bertz CT molecular complexity index is 2420. The van der Waals surface area contributed by atoms with Gasteiger partial charge >= 0.3 is 17.4 Å². The molecule has 6 rings (SSSR count). The number of methoxy groups -OCH3 is 1. The standard InChI is InChI=1S/C39H43N9O8S2/c1-8-52-39(49)42-33-21-27(43-44-38-29-19-26(13-16-31(29)46-57-38)47-58(50)56-28-14-10-23(3)11-15-28)20-32(40-22-54-53-9-2)36(33)55-35(37-41-25(5)45-48(37)6)30-18-24(4)12-17-34(30)51-7/h10-21,35,40,47H,8-9,22H2,1-7H3,(H,42,49). The summed E-state index contributed by atoms with van der Waals surface area (Å²) in [6.07, 6.45) is -1.61. The Morgan fingerprint density at radius 2 is 1.71 bits per heavy atom. The maximum Gasteiger partial charge on any atom is 0.411 e. The topological polar surface area (TPSA) is 194 Å². The molecule has 2 unspecified atom stereocenters. The molecule has 304 valence electrons. The van der Waals surface area contributed by atoms with Gasteiger partial charge in [0.15, 0.2) is 29.4 Å². The first kappa shape index (κ1) is 41.5. The van der Waals surface area contributed by atoms with Gasteiger partial charge in [0, 0.05) is 18.0 Å². The lowest BCUT2D eigenvalue weighted by Gasteiger charge is -2.25. The molecular weight excluding hydrogens is 787 g/mol. The Labute approximate surface area is 341 Å². The average Bonchev–Trinajstić information content (AvgIpc) is 3.76. The number of aryl methyl sites for hydroxylation is 4. The van der Waals surface area contributed by atoms with Gasteiger partial charge in [0.25, 0.3) is 0 Å². The van der Waals surface area contributed by atoms with E-state index in [1.165, 1.54) is 0 Å². The van der Waals surface area contributed by atoms with Gasteiger partial charge in [-0.25, -0.2) is 24.2 Å². The number of fused-ring (bicyclic) bond motifs is 1. The van der Waals surface area contributed by atoms with Crippen LogP contribution in [-0.4, -0.2) is 56.5 Å². The zero-order chi connectivity index (χ0) is 41.2. The molecule has 0 saturated heterocycles. The van der Waals surface area contributed by atoms with Crippen molar-refractivity contribution in [2.75, 3.05) is 42.4 Å². The molecule has 4 aromatic carbocycles. The van der Waals surface area contributed by atoms with Gasteiger partial charge in [-0.15, -0.1) is 10.2 Å². The van der Waals surface area contributed by atoms with Gasteiger partial charge in [-0.05, 0) is 101 Å². The summed E-state index contributed by atoms with van der Waals surface area (Å²) in [6.45, 7) is 9.52. The molecule has 3 N–H and O–H groups in total. The number of nitrogens with one attached hydrogen (secondary N) is 3. The van der Waals surface area contributed by atoms with Gasteiger partial charge < -0.3 is 23.7 Å². The Morgan fingerprint density at radius 3 is 2.43 bits per heavy atom. The second kappa shape index (κ2) is 19.3. The number of anilines is 3. The maximum atomic E-state index is 13.0. The number of hydrogen-bond acceptors (Lipinski definition) is 15. The number of carbonyl (C=O) groups excluding carboxylic acids is 1. The van der Waals surface area contributed by atoms with Crippen molar-refractivity contribution in [3.05, 3.63) is 101 Å². The summed E-state index contributed by atoms with van der Waals surface area (Å²) in [7, 11) is 3.34. The summed E-state index contributed by atoms with van der Waals surface area (Å²) in [5.74, 6) is 2.21. The van der Waals surface area contributed by atoms with Crippen LogP contribution in [0, 0.1) is 20.8 Å². The molecule has 0 aliphatic heterocycles. The van der Waals surface area contributed by atoms with Crippen LogP contribution in [0.5, 0.6) is 17.2 Å². The molecular formula is C39H43N9O8S2. The second-order valence-corrected chi connectivity index (χ2v) is 14.2. The van der Waals surface area contributed by atoms with Crippen LogP contribution in [0.4, 0.5) is 32.5 Å². The number of nitrogens with zero attached hydrogens (tertiary/aromatic N) is 6. The molecule has 1 amide bonds. The first-order valence-corrected chi connectivity index (χ1v) is 19.9. The number of rotatable bonds is 18. The van der Waals surface area contributed by atoms with Crippen LogP contribution in [0.1, 0.15) is 48.3 Å². The van der Waals surface area contributed by atoms with Crippen LogP contribution in [0.15, 0.2) is 83.0 Å². The fourth-order valence-corrected chi connectivity index (χ4v) is 7.02. The third-order valence-corrected chi connectivity index (χ3v) is 9.77. The first-order chi connectivity index (χ1) is 28.0. The zero-order valence-corrected chi connectivity index (χ0v) is 34.5. The minimum atomic E-state index is -1.87. The number of carbonyl (C=O) groups is 1. The van der Waals surface area contributed by atoms with E-state index in [4.69, 9.17) is 33.2 Å². The normalized spacial score (nSPS) is 12.3. The highest BCUT2D eigenvalue weighted by molar-refractivity contribution is 7.82. The number of ether oxygens (including phenoxy) is 3. The van der Waals surface area contributed by atoms with Crippen LogP contribution < -0.4 is 29.0 Å². The van der Waals surface area contributed by atoms with Crippen molar-refractivity contribution in [3.63, 3.8) is 0 Å². The third-order valence-electron chi connectivity index (χ3n) is 8.26. The molecule has 19 heteroatoms. The fraction of sp³-hybridized carbons (Fsp3) is 0.282. The van der Waals surface area contributed by atoms with E-state index in [2.05, 4.69) is 35.1 Å². The smallest absolute Gasteiger partial charge is 0.411 e. The average molecular weight is 830 g/mol. The van der Waals surface area contributed by atoms with Gasteiger partial charge in [-0.2, -0.15) is 13.7 Å². The molecule has 0 radical (unpaired) electrons. The van der Waals surface area contributed by atoms with Crippen molar-refractivity contribution < 1.29 is 37.2 Å². The van der Waals surface area contributed by atoms with E-state index in [-0.39, 0.29) is 24.8 Å². The molecule has 6 aromatic rings. The maximum absolute atomic E-state index is 13.0. The van der Waals surface area contributed by atoms with Crippen LogP contribution in [-0.2, 0) is 32.8 Å². The van der Waals surface area contributed by atoms with E-state index in [9.17, 15) is 9.00 Å². The SMILES string of the molecule is CCOOCNc1cc(N=Nc2snc3ccc(NS(=O)Oc4ccc(C)cc4)cc23)cc(NC(=O)OCC)c1OC(c1cc(C)ccc1OC)c1nc(C)nn1C. The zero-order valence-electron chi connectivity index (χ0n) is 32.9. The van der Waals surface area contributed by atoms with Crippen molar-refractivity contribution in [3.8, 4) is 17.2 Å². The molecule has 0 bridgehead atoms. The van der Waals surface area contributed by atoms with E-state index >= 15 is 0 Å². The molecule has 0 spiro atoms. The van der Waals surface area contributed by atoms with Crippen molar-refractivity contribution in [1.29, 1.82) is 0 Å². The van der Waals surface area contributed by atoms with Crippen molar-refractivity contribution >= 4 is 67.5 Å². The largest absolute Gasteiger partial charge is 0.496 e. The van der Waals surface area contributed by atoms with Crippen LogP contribution in [0.2, 0.25) is 0 Å². The molecule has 0 aliphatic rings. The lowest BCUT2D eigenvalue weighted by molar-refractivity contribution is -0.285. The van der Waals surface area contributed by atoms with Gasteiger partial charge in [-0.1, -0.05) is 29.3 Å². The first-order valence-electron chi connectivity index (χ1n) is 18.1. The molecule has 2 atom stereocenters. The quantitative estimate of drug-likeness (QED) is 0.0245. The van der Waals surface area contributed by atoms with Gasteiger partial charge in [0.1, 0.15) is 17.3 Å². The van der Waals surface area contributed by atoms with Gasteiger partial charge in [0.05, 0.1) is 48.6 Å². The summed E-state index contributed by atoms with van der Waals surface area (Å²) in [5.41, 5.74) is 4.73. The number of azo groups is 1. The van der Waals surface area contributed by atoms with E-state index < -0.39 is 23.5 Å². The minimum Gasteiger partial charge on any atom is -0.496 e. The third kappa shape index (κ3) is 10.4. The number of amides is 1. The number of hydrogen-bond donors (Lipinski definition) is 3. The van der Waals surface area contributed by atoms with Crippen molar-refractivity contribution in [1.82, 2.24) is 19.1 Å². The summed E-state index contributed by atoms with van der Waals surface area (Å²) in [4.78, 5) is 28.2. The van der Waals surface area contributed by atoms with Crippen LogP contribution >= 0.6 is 11.5 Å². The summed E-state index contributed by atoms with van der Waals surface area (Å²) >= 11 is -0.736. The van der Waals surface area contributed by atoms with E-state index in [1.807, 2.05) is 44.2 Å². The lowest BCUT2D eigenvalue weighted by Crippen LogP contribution is -2.20. The highest BCUT2D eigenvalue weighted by atomic mass is 32.2. The number of benzene rings is 4. The lowest BCUT2D eigenvalue weighted by atomic mass is 10.0. The number of aromatic nitrogens is 4. The van der Waals surface area contributed by atoms with E-state index in [0.717, 1.165) is 22.7 Å². The fourth-order valence-electron chi connectivity index (χ4n) is 5.69. The van der Waals surface area contributed by atoms with E-state index in [0.29, 0.717) is 68.3 Å². The Balaban J connectivity index is 1.39. The van der Waals surface area contributed by atoms with E-state index in [1.54, 1.807) is 82.1 Å². The summed E-state index contributed by atoms with van der Waals surface area (Å²) < 4.78 is 45.2. The highest BCUT2D eigenvalue weighted by Gasteiger charge is 2.29. The Hall–Kier alpha value is -6.15. The van der Waals surface area contributed by atoms with Crippen molar-refractivity contribution in [2.45, 2.75) is 40.7 Å². The van der Waals surface area contributed by atoms with Crippen molar-refractivity contribution in [2.24, 2.45) is 17.3 Å². The molecule has 58 heavy (non-hydrogen) atoms. The van der Waals surface area contributed by atoms with Gasteiger partial charge in [-0.3, -0.25) is 10.0 Å². The summed E-state index contributed by atoms with van der Waals surface area (Å²) in [5, 5.41) is 20.7.